The molecule has 0 spiro atoms. The van der Waals surface area contributed by atoms with Gasteiger partial charge in [-0.3, -0.25) is 4.40 Å². The van der Waals surface area contributed by atoms with Crippen molar-refractivity contribution in [2.45, 2.75) is 26.2 Å². The summed E-state index contributed by atoms with van der Waals surface area (Å²) < 4.78 is 3.83. The first-order valence-corrected chi connectivity index (χ1v) is 9.50. The van der Waals surface area contributed by atoms with E-state index in [2.05, 4.69) is 51.4 Å². The van der Waals surface area contributed by atoms with Gasteiger partial charge in [-0.15, -0.1) is 25.5 Å². The summed E-state index contributed by atoms with van der Waals surface area (Å²) in [6.45, 7) is 9.13. The van der Waals surface area contributed by atoms with Crippen molar-refractivity contribution in [2.75, 3.05) is 29.9 Å². The highest BCUT2D eigenvalue weighted by Crippen LogP contribution is 2.25. The fraction of sp³-hybridized carbons (Fsp3) is 0.421. The highest BCUT2D eigenvalue weighted by molar-refractivity contribution is 5.48. The van der Waals surface area contributed by atoms with Gasteiger partial charge in [0.1, 0.15) is 5.82 Å². The van der Waals surface area contributed by atoms with E-state index in [1.165, 1.54) is 0 Å². The summed E-state index contributed by atoms with van der Waals surface area (Å²) in [5.41, 5.74) is 1.53. The van der Waals surface area contributed by atoms with E-state index in [0.29, 0.717) is 5.92 Å². The predicted molar refractivity (Wildman–Crippen MR) is 107 cm³/mol. The van der Waals surface area contributed by atoms with Crippen LogP contribution in [0.5, 0.6) is 0 Å². The molecule has 1 fully saturated rings. The van der Waals surface area contributed by atoms with Crippen LogP contribution in [0.3, 0.4) is 0 Å². The van der Waals surface area contributed by atoms with E-state index < -0.39 is 0 Å². The molecular formula is C19H23N9. The van der Waals surface area contributed by atoms with Crippen LogP contribution in [0.25, 0.3) is 11.3 Å². The van der Waals surface area contributed by atoms with Crippen LogP contribution in [0.2, 0.25) is 0 Å². The third kappa shape index (κ3) is 2.83. The highest BCUT2D eigenvalue weighted by Gasteiger charge is 2.29. The van der Waals surface area contributed by atoms with Gasteiger partial charge in [0.05, 0.1) is 0 Å². The third-order valence-electron chi connectivity index (χ3n) is 5.06. The number of aromatic nitrogens is 7. The minimum atomic E-state index is -0.104. The number of fused-ring (bicyclic) bond motifs is 2. The maximum Gasteiger partial charge on any atom is 0.229 e. The third-order valence-corrected chi connectivity index (χ3v) is 5.06. The molecule has 1 aliphatic rings. The molecule has 0 bridgehead atoms. The number of rotatable bonds is 4. The fourth-order valence-corrected chi connectivity index (χ4v) is 3.50. The van der Waals surface area contributed by atoms with Gasteiger partial charge in [0.25, 0.3) is 0 Å². The molecule has 5 heterocycles. The average Bonchev–Trinajstić information content (AvgIpc) is 3.24. The van der Waals surface area contributed by atoms with Gasteiger partial charge in [-0.25, -0.2) is 0 Å². The summed E-state index contributed by atoms with van der Waals surface area (Å²) in [5, 5.41) is 25.1. The Balaban J connectivity index is 1.25. The second kappa shape index (κ2) is 6.15. The summed E-state index contributed by atoms with van der Waals surface area (Å²) in [4.78, 5) is 2.28. The van der Waals surface area contributed by atoms with E-state index in [1.54, 1.807) is 0 Å². The minimum absolute atomic E-state index is 0.104. The Kier molecular flexibility index (Phi) is 3.71. The molecule has 144 valence electrons. The largest absolute Gasteiger partial charge is 0.354 e. The molecular weight excluding hydrogens is 354 g/mol. The van der Waals surface area contributed by atoms with E-state index in [0.717, 1.165) is 48.5 Å². The number of pyridine rings is 1. The molecule has 1 N–H and O–H groups in total. The highest BCUT2D eigenvalue weighted by atomic mass is 15.4. The van der Waals surface area contributed by atoms with Crippen molar-refractivity contribution in [1.82, 2.24) is 34.4 Å². The lowest BCUT2D eigenvalue weighted by atomic mass is 9.96. The monoisotopic (exact) mass is 377 g/mol. The van der Waals surface area contributed by atoms with Crippen LogP contribution in [-0.4, -0.2) is 54.0 Å². The first-order valence-electron chi connectivity index (χ1n) is 9.50. The summed E-state index contributed by atoms with van der Waals surface area (Å²) in [6.07, 6.45) is 1.97. The number of hydrogen-bond donors (Lipinski definition) is 1. The average molecular weight is 377 g/mol. The van der Waals surface area contributed by atoms with Crippen molar-refractivity contribution in [1.29, 1.82) is 0 Å². The smallest absolute Gasteiger partial charge is 0.229 e. The Bertz CT molecular complexity index is 1130. The zero-order valence-corrected chi connectivity index (χ0v) is 16.2. The van der Waals surface area contributed by atoms with Crippen molar-refractivity contribution in [3.05, 3.63) is 42.4 Å². The van der Waals surface area contributed by atoms with Gasteiger partial charge in [-0.2, -0.15) is 4.52 Å². The summed E-state index contributed by atoms with van der Waals surface area (Å²) in [6, 6.07) is 9.89. The van der Waals surface area contributed by atoms with Crippen molar-refractivity contribution >= 4 is 23.1 Å². The Morgan fingerprint density at radius 2 is 1.82 bits per heavy atom. The fourth-order valence-electron chi connectivity index (χ4n) is 3.50. The SMILES string of the molecule is CC(C)(C)c1nnc2ccc(N3CC(CNc4nnc5ccccn45)C3)nn12. The van der Waals surface area contributed by atoms with E-state index in [4.69, 9.17) is 5.10 Å². The van der Waals surface area contributed by atoms with Gasteiger partial charge in [0.15, 0.2) is 17.1 Å². The van der Waals surface area contributed by atoms with Crippen LogP contribution < -0.4 is 10.2 Å². The molecule has 0 atom stereocenters. The standard InChI is InChI=1S/C19H23N9/c1-19(2,3)17-23-22-15-7-8-16(25-28(15)17)26-11-13(12-26)10-20-18-24-21-14-6-4-5-9-27(14)18/h4-9,13H,10-12H2,1-3H3,(H,20,24). The lowest BCUT2D eigenvalue weighted by Crippen LogP contribution is -2.50. The van der Waals surface area contributed by atoms with E-state index in [1.807, 2.05) is 45.4 Å². The normalized spacial score (nSPS) is 15.3. The summed E-state index contributed by atoms with van der Waals surface area (Å²) in [7, 11) is 0. The maximum atomic E-state index is 4.78. The molecule has 0 saturated carbocycles. The topological polar surface area (TPSA) is 88.5 Å². The van der Waals surface area contributed by atoms with Crippen LogP contribution in [0, 0.1) is 5.92 Å². The van der Waals surface area contributed by atoms with Crippen molar-refractivity contribution in [3.8, 4) is 0 Å². The van der Waals surface area contributed by atoms with Crippen LogP contribution in [0.15, 0.2) is 36.5 Å². The number of nitrogens with one attached hydrogen (secondary N) is 1. The Morgan fingerprint density at radius 3 is 2.64 bits per heavy atom. The lowest BCUT2D eigenvalue weighted by Gasteiger charge is -2.40. The number of nitrogens with zero attached hydrogens (tertiary/aromatic N) is 8. The van der Waals surface area contributed by atoms with Crippen LogP contribution >= 0.6 is 0 Å². The number of hydrogen-bond acceptors (Lipinski definition) is 7. The number of anilines is 2. The Morgan fingerprint density at radius 1 is 1.00 bits per heavy atom. The first-order chi connectivity index (χ1) is 13.5. The van der Waals surface area contributed by atoms with Gasteiger partial charge >= 0.3 is 0 Å². The second-order valence-electron chi connectivity index (χ2n) is 8.34. The Labute approximate surface area is 162 Å². The van der Waals surface area contributed by atoms with Crippen LogP contribution in [-0.2, 0) is 5.41 Å². The molecule has 0 aromatic carbocycles. The van der Waals surface area contributed by atoms with E-state index in [-0.39, 0.29) is 5.41 Å². The maximum absolute atomic E-state index is 4.78. The van der Waals surface area contributed by atoms with Gasteiger partial charge in [0, 0.05) is 37.2 Å². The molecule has 0 amide bonds. The molecule has 5 rings (SSSR count). The van der Waals surface area contributed by atoms with E-state index >= 15 is 0 Å². The molecule has 0 unspecified atom stereocenters. The van der Waals surface area contributed by atoms with Gasteiger partial charge in [-0.1, -0.05) is 26.8 Å². The summed E-state index contributed by atoms with van der Waals surface area (Å²) >= 11 is 0. The molecule has 0 aliphatic carbocycles. The quantitative estimate of drug-likeness (QED) is 0.582. The van der Waals surface area contributed by atoms with Gasteiger partial charge in [-0.05, 0) is 24.3 Å². The van der Waals surface area contributed by atoms with E-state index in [9.17, 15) is 0 Å². The van der Waals surface area contributed by atoms with Gasteiger partial charge < -0.3 is 10.2 Å². The lowest BCUT2D eigenvalue weighted by molar-refractivity contribution is 0.423. The second-order valence-corrected chi connectivity index (χ2v) is 8.34. The molecule has 0 radical (unpaired) electrons. The van der Waals surface area contributed by atoms with Crippen molar-refractivity contribution in [2.24, 2.45) is 5.92 Å². The molecule has 9 heteroatoms. The zero-order valence-electron chi connectivity index (χ0n) is 16.2. The Hall–Kier alpha value is -3.23. The molecule has 1 saturated heterocycles. The van der Waals surface area contributed by atoms with Crippen LogP contribution in [0.1, 0.15) is 26.6 Å². The van der Waals surface area contributed by atoms with Crippen molar-refractivity contribution < 1.29 is 0 Å². The van der Waals surface area contributed by atoms with Gasteiger partial charge in [0.2, 0.25) is 5.95 Å². The summed E-state index contributed by atoms with van der Waals surface area (Å²) in [5.74, 6) is 3.16. The molecule has 1 aliphatic heterocycles. The minimum Gasteiger partial charge on any atom is -0.354 e. The first kappa shape index (κ1) is 16.9. The van der Waals surface area contributed by atoms with Crippen LogP contribution in [0.4, 0.5) is 11.8 Å². The molecule has 4 aromatic rings. The molecule has 9 nitrogen and oxygen atoms in total. The zero-order chi connectivity index (χ0) is 19.3. The van der Waals surface area contributed by atoms with Crippen molar-refractivity contribution in [3.63, 3.8) is 0 Å². The molecule has 28 heavy (non-hydrogen) atoms. The molecule has 4 aromatic heterocycles. The predicted octanol–water partition coefficient (Wildman–Crippen LogP) is 2.01.